The number of anilines is 1. The molecule has 2 rings (SSSR count). The maximum atomic E-state index is 12.4. The number of aryl methyl sites for hydroxylation is 1. The molecule has 0 fully saturated rings. The molecule has 0 atom stereocenters. The lowest BCUT2D eigenvalue weighted by atomic mass is 10.0. The molecule has 0 unspecified atom stereocenters. The minimum absolute atomic E-state index is 0.291. The van der Waals surface area contributed by atoms with E-state index in [9.17, 15) is 8.42 Å². The Morgan fingerprint density at radius 1 is 0.909 bits per heavy atom. The standard InChI is InChI=1S/C18H23NO2S/c1-4-15-5-9-17(10-6-15)19-22(20,21)18-11-7-16(8-12-18)13-14(2)3/h5-12,14,19H,4,13H2,1-3H3. The Bertz CT molecular complexity index is 702. The second kappa shape index (κ2) is 6.97. The molecule has 0 amide bonds. The molecule has 4 heteroatoms. The van der Waals surface area contributed by atoms with Gasteiger partial charge in [0.15, 0.2) is 0 Å². The fourth-order valence-electron chi connectivity index (χ4n) is 2.30. The third-order valence-electron chi connectivity index (χ3n) is 3.49. The smallest absolute Gasteiger partial charge is 0.261 e. The van der Waals surface area contributed by atoms with E-state index in [1.165, 1.54) is 5.56 Å². The summed E-state index contributed by atoms with van der Waals surface area (Å²) in [4.78, 5) is 0.291. The number of sulfonamides is 1. The largest absolute Gasteiger partial charge is 0.280 e. The molecule has 22 heavy (non-hydrogen) atoms. The van der Waals surface area contributed by atoms with Crippen LogP contribution in [0.2, 0.25) is 0 Å². The van der Waals surface area contributed by atoms with Crippen LogP contribution < -0.4 is 4.72 Å². The minimum Gasteiger partial charge on any atom is -0.280 e. The summed E-state index contributed by atoms with van der Waals surface area (Å²) in [6, 6.07) is 14.6. The van der Waals surface area contributed by atoms with Crippen LogP contribution in [0.1, 0.15) is 31.9 Å². The Hall–Kier alpha value is -1.81. The summed E-state index contributed by atoms with van der Waals surface area (Å²) in [6.45, 7) is 6.36. The van der Waals surface area contributed by atoms with Crippen molar-refractivity contribution in [3.05, 3.63) is 59.7 Å². The molecule has 0 aromatic heterocycles. The van der Waals surface area contributed by atoms with Gasteiger partial charge in [0.25, 0.3) is 10.0 Å². The van der Waals surface area contributed by atoms with Crippen molar-refractivity contribution in [1.82, 2.24) is 0 Å². The van der Waals surface area contributed by atoms with Crippen LogP contribution in [0.5, 0.6) is 0 Å². The summed E-state index contributed by atoms with van der Waals surface area (Å²) >= 11 is 0. The Morgan fingerprint density at radius 2 is 1.45 bits per heavy atom. The number of nitrogens with one attached hydrogen (secondary N) is 1. The zero-order valence-corrected chi connectivity index (χ0v) is 14.2. The maximum absolute atomic E-state index is 12.4. The van der Waals surface area contributed by atoms with Crippen LogP contribution in [0.3, 0.4) is 0 Å². The van der Waals surface area contributed by atoms with Crippen molar-refractivity contribution in [3.63, 3.8) is 0 Å². The minimum atomic E-state index is -3.53. The van der Waals surface area contributed by atoms with Crippen LogP contribution in [-0.2, 0) is 22.9 Å². The molecule has 0 heterocycles. The lowest BCUT2D eigenvalue weighted by molar-refractivity contribution is 0.601. The van der Waals surface area contributed by atoms with Crippen molar-refractivity contribution in [2.24, 2.45) is 5.92 Å². The summed E-state index contributed by atoms with van der Waals surface area (Å²) in [7, 11) is -3.53. The van der Waals surface area contributed by atoms with E-state index in [1.807, 2.05) is 24.3 Å². The van der Waals surface area contributed by atoms with Gasteiger partial charge in [-0.1, -0.05) is 45.0 Å². The normalized spacial score (nSPS) is 11.6. The monoisotopic (exact) mass is 317 g/mol. The Morgan fingerprint density at radius 3 is 1.95 bits per heavy atom. The van der Waals surface area contributed by atoms with E-state index in [0.29, 0.717) is 16.5 Å². The fourth-order valence-corrected chi connectivity index (χ4v) is 3.36. The molecule has 2 aromatic rings. The lowest BCUT2D eigenvalue weighted by Gasteiger charge is -2.10. The van der Waals surface area contributed by atoms with E-state index in [2.05, 4.69) is 25.5 Å². The molecule has 3 nitrogen and oxygen atoms in total. The van der Waals surface area contributed by atoms with E-state index in [4.69, 9.17) is 0 Å². The van der Waals surface area contributed by atoms with E-state index >= 15 is 0 Å². The van der Waals surface area contributed by atoms with Gasteiger partial charge in [-0.3, -0.25) is 4.72 Å². The molecule has 0 aliphatic carbocycles. The Labute approximate surface area is 133 Å². The second-order valence-electron chi connectivity index (χ2n) is 5.90. The van der Waals surface area contributed by atoms with E-state index < -0.39 is 10.0 Å². The molecular weight excluding hydrogens is 294 g/mol. The summed E-state index contributed by atoms with van der Waals surface area (Å²) in [6.07, 6.45) is 1.89. The molecule has 0 bridgehead atoms. The van der Waals surface area contributed by atoms with Crippen LogP contribution >= 0.6 is 0 Å². The molecule has 0 radical (unpaired) electrons. The average molecular weight is 317 g/mol. The van der Waals surface area contributed by atoms with Crippen LogP contribution in [0.25, 0.3) is 0 Å². The third-order valence-corrected chi connectivity index (χ3v) is 4.89. The summed E-state index contributed by atoms with van der Waals surface area (Å²) in [5, 5.41) is 0. The zero-order chi connectivity index (χ0) is 16.2. The lowest BCUT2D eigenvalue weighted by Crippen LogP contribution is -2.13. The maximum Gasteiger partial charge on any atom is 0.261 e. The molecule has 118 valence electrons. The second-order valence-corrected chi connectivity index (χ2v) is 7.58. The molecule has 2 aromatic carbocycles. The van der Waals surface area contributed by atoms with Gasteiger partial charge in [-0.2, -0.15) is 0 Å². The topological polar surface area (TPSA) is 46.2 Å². The van der Waals surface area contributed by atoms with Gasteiger partial charge in [-0.05, 0) is 54.2 Å². The Kier molecular flexibility index (Phi) is 5.24. The highest BCUT2D eigenvalue weighted by Gasteiger charge is 2.14. The summed E-state index contributed by atoms with van der Waals surface area (Å²) < 4.78 is 27.4. The van der Waals surface area contributed by atoms with Crippen LogP contribution in [-0.4, -0.2) is 8.42 Å². The van der Waals surface area contributed by atoms with E-state index in [-0.39, 0.29) is 0 Å². The van der Waals surface area contributed by atoms with Crippen molar-refractivity contribution in [2.75, 3.05) is 4.72 Å². The number of benzene rings is 2. The van der Waals surface area contributed by atoms with Gasteiger partial charge in [-0.25, -0.2) is 8.42 Å². The van der Waals surface area contributed by atoms with Gasteiger partial charge >= 0.3 is 0 Å². The van der Waals surface area contributed by atoms with Crippen LogP contribution in [0.15, 0.2) is 53.4 Å². The SMILES string of the molecule is CCc1ccc(NS(=O)(=O)c2ccc(CC(C)C)cc2)cc1. The molecule has 0 saturated heterocycles. The molecular formula is C18H23NO2S. The first-order valence-electron chi connectivity index (χ1n) is 7.61. The van der Waals surface area contributed by atoms with Crippen molar-refractivity contribution < 1.29 is 8.42 Å². The third kappa shape index (κ3) is 4.34. The van der Waals surface area contributed by atoms with Gasteiger partial charge < -0.3 is 0 Å². The van der Waals surface area contributed by atoms with Gasteiger partial charge in [-0.15, -0.1) is 0 Å². The number of hydrogen-bond donors (Lipinski definition) is 1. The van der Waals surface area contributed by atoms with Crippen molar-refractivity contribution >= 4 is 15.7 Å². The van der Waals surface area contributed by atoms with Crippen molar-refractivity contribution in [1.29, 1.82) is 0 Å². The van der Waals surface area contributed by atoms with Gasteiger partial charge in [0.2, 0.25) is 0 Å². The average Bonchev–Trinajstić information content (AvgIpc) is 2.47. The highest BCUT2D eigenvalue weighted by atomic mass is 32.2. The fraction of sp³-hybridized carbons (Fsp3) is 0.333. The summed E-state index contributed by atoms with van der Waals surface area (Å²) in [5.41, 5.74) is 2.92. The predicted molar refractivity (Wildman–Crippen MR) is 91.6 cm³/mol. The quantitative estimate of drug-likeness (QED) is 0.866. The molecule has 0 aliphatic heterocycles. The molecule has 1 N–H and O–H groups in total. The highest BCUT2D eigenvalue weighted by Crippen LogP contribution is 2.18. The predicted octanol–water partition coefficient (Wildman–Crippen LogP) is 4.25. The van der Waals surface area contributed by atoms with Crippen molar-refractivity contribution in [3.8, 4) is 0 Å². The van der Waals surface area contributed by atoms with Gasteiger partial charge in [0.1, 0.15) is 0 Å². The first-order chi connectivity index (χ1) is 10.4. The van der Waals surface area contributed by atoms with Gasteiger partial charge in [0, 0.05) is 5.69 Å². The molecule has 0 spiro atoms. The first kappa shape index (κ1) is 16.6. The van der Waals surface area contributed by atoms with Gasteiger partial charge in [0.05, 0.1) is 4.90 Å². The summed E-state index contributed by atoms with van der Waals surface area (Å²) in [5.74, 6) is 0.553. The van der Waals surface area contributed by atoms with Crippen molar-refractivity contribution in [2.45, 2.75) is 38.5 Å². The number of hydrogen-bond acceptors (Lipinski definition) is 2. The Balaban J connectivity index is 2.15. The van der Waals surface area contributed by atoms with Crippen LogP contribution in [0, 0.1) is 5.92 Å². The number of rotatable bonds is 6. The highest BCUT2D eigenvalue weighted by molar-refractivity contribution is 7.92. The molecule has 0 aliphatic rings. The van der Waals surface area contributed by atoms with E-state index in [1.54, 1.807) is 24.3 Å². The van der Waals surface area contributed by atoms with Crippen LogP contribution in [0.4, 0.5) is 5.69 Å². The van der Waals surface area contributed by atoms with E-state index in [0.717, 1.165) is 18.4 Å². The molecule has 0 saturated carbocycles. The first-order valence-corrected chi connectivity index (χ1v) is 9.09. The zero-order valence-electron chi connectivity index (χ0n) is 13.3.